The molecule has 0 spiro atoms. The van der Waals surface area contributed by atoms with Gasteiger partial charge in [0, 0.05) is 13.6 Å². The summed E-state index contributed by atoms with van der Waals surface area (Å²) in [6.45, 7) is 0.425. The van der Waals surface area contributed by atoms with E-state index in [1.807, 2.05) is 0 Å². The zero-order valence-corrected chi connectivity index (χ0v) is 7.97. The van der Waals surface area contributed by atoms with E-state index in [1.54, 1.807) is 36.2 Å². The zero-order valence-electron chi connectivity index (χ0n) is 7.97. The van der Waals surface area contributed by atoms with Gasteiger partial charge in [0.05, 0.1) is 17.9 Å². The third-order valence-electron chi connectivity index (χ3n) is 1.98. The van der Waals surface area contributed by atoms with Crippen LogP contribution in [-0.4, -0.2) is 36.4 Å². The quantitative estimate of drug-likeness (QED) is 0.746. The molecular weight excluding hydrogens is 182 g/mol. The number of anilines is 1. The summed E-state index contributed by atoms with van der Waals surface area (Å²) in [6, 6.07) is 6.72. The molecule has 0 atom stereocenters. The zero-order chi connectivity index (χ0) is 10.6. The van der Waals surface area contributed by atoms with Crippen LogP contribution in [0.5, 0.6) is 0 Å². The minimum atomic E-state index is -0.953. The van der Waals surface area contributed by atoms with Crippen molar-refractivity contribution in [2.24, 2.45) is 0 Å². The number of aliphatic hydroxyl groups is 1. The van der Waals surface area contributed by atoms with Gasteiger partial charge in [0.25, 0.3) is 0 Å². The van der Waals surface area contributed by atoms with E-state index in [2.05, 4.69) is 0 Å². The number of para-hydroxylation sites is 1. The molecule has 0 bridgehead atoms. The first-order valence-electron chi connectivity index (χ1n) is 4.31. The van der Waals surface area contributed by atoms with Crippen molar-refractivity contribution >= 4 is 11.7 Å². The number of rotatable bonds is 4. The molecule has 0 fully saturated rings. The number of likely N-dealkylation sites (N-methyl/N-ethyl adjacent to an activating group) is 1. The van der Waals surface area contributed by atoms with Crippen molar-refractivity contribution in [2.45, 2.75) is 0 Å². The number of aliphatic hydroxyl groups excluding tert-OH is 1. The lowest BCUT2D eigenvalue weighted by molar-refractivity contribution is 0.0697. The Hall–Kier alpha value is -1.55. The third kappa shape index (κ3) is 2.23. The molecule has 76 valence electrons. The fourth-order valence-electron chi connectivity index (χ4n) is 1.26. The van der Waals surface area contributed by atoms with Crippen molar-refractivity contribution in [3.05, 3.63) is 29.8 Å². The van der Waals surface area contributed by atoms with Crippen LogP contribution in [0.4, 0.5) is 5.69 Å². The van der Waals surface area contributed by atoms with Gasteiger partial charge in [0.15, 0.2) is 0 Å². The average molecular weight is 195 g/mol. The van der Waals surface area contributed by atoms with Crippen LogP contribution in [0, 0.1) is 0 Å². The van der Waals surface area contributed by atoms with Gasteiger partial charge in [-0.2, -0.15) is 0 Å². The second kappa shape index (κ2) is 4.62. The van der Waals surface area contributed by atoms with E-state index in [0.717, 1.165) is 0 Å². The summed E-state index contributed by atoms with van der Waals surface area (Å²) in [6.07, 6.45) is 0. The Morgan fingerprint density at radius 2 is 2.07 bits per heavy atom. The SMILES string of the molecule is CN(CCO)c1ccccc1C(=O)O. The average Bonchev–Trinajstić information content (AvgIpc) is 2.18. The lowest BCUT2D eigenvalue weighted by Gasteiger charge is -2.19. The minimum Gasteiger partial charge on any atom is -0.478 e. The van der Waals surface area contributed by atoms with Crippen LogP contribution >= 0.6 is 0 Å². The molecule has 0 unspecified atom stereocenters. The summed E-state index contributed by atoms with van der Waals surface area (Å²) in [5.74, 6) is -0.953. The van der Waals surface area contributed by atoms with Gasteiger partial charge in [0.1, 0.15) is 0 Å². The van der Waals surface area contributed by atoms with Gasteiger partial charge in [-0.3, -0.25) is 0 Å². The molecule has 14 heavy (non-hydrogen) atoms. The molecule has 0 aromatic heterocycles. The van der Waals surface area contributed by atoms with Gasteiger partial charge in [-0.15, -0.1) is 0 Å². The Balaban J connectivity index is 3.00. The predicted octanol–water partition coefficient (Wildman–Crippen LogP) is 0.813. The fraction of sp³-hybridized carbons (Fsp3) is 0.300. The van der Waals surface area contributed by atoms with Crippen LogP contribution in [0.25, 0.3) is 0 Å². The first-order chi connectivity index (χ1) is 6.66. The second-order valence-corrected chi connectivity index (χ2v) is 2.97. The first-order valence-corrected chi connectivity index (χ1v) is 4.31. The first kappa shape index (κ1) is 10.5. The molecule has 0 aliphatic carbocycles. The Labute approximate surface area is 82.4 Å². The number of carboxylic acid groups (broad SMARTS) is 1. The Morgan fingerprint density at radius 1 is 1.43 bits per heavy atom. The van der Waals surface area contributed by atoms with Gasteiger partial charge in [-0.1, -0.05) is 12.1 Å². The van der Waals surface area contributed by atoms with Crippen LogP contribution in [-0.2, 0) is 0 Å². The minimum absolute atomic E-state index is 0.00442. The molecule has 0 radical (unpaired) electrons. The monoisotopic (exact) mass is 195 g/mol. The van der Waals surface area contributed by atoms with Gasteiger partial charge >= 0.3 is 5.97 Å². The van der Waals surface area contributed by atoms with Crippen molar-refractivity contribution in [1.82, 2.24) is 0 Å². The molecule has 0 amide bonds. The Bertz CT molecular complexity index is 325. The number of hydrogen-bond acceptors (Lipinski definition) is 3. The number of aromatic carboxylic acids is 1. The summed E-state index contributed by atoms with van der Waals surface area (Å²) in [5.41, 5.74) is 0.873. The maximum absolute atomic E-state index is 10.8. The van der Waals surface area contributed by atoms with Crippen molar-refractivity contribution in [3.63, 3.8) is 0 Å². The number of carboxylic acids is 1. The summed E-state index contributed by atoms with van der Waals surface area (Å²) < 4.78 is 0. The smallest absolute Gasteiger partial charge is 0.337 e. The normalized spacial score (nSPS) is 9.86. The second-order valence-electron chi connectivity index (χ2n) is 2.97. The molecule has 1 rings (SSSR count). The van der Waals surface area contributed by atoms with E-state index in [-0.39, 0.29) is 12.2 Å². The van der Waals surface area contributed by atoms with Crippen LogP contribution in [0.1, 0.15) is 10.4 Å². The highest BCUT2D eigenvalue weighted by Crippen LogP contribution is 2.18. The maximum atomic E-state index is 10.8. The van der Waals surface area contributed by atoms with Crippen LogP contribution in [0.2, 0.25) is 0 Å². The van der Waals surface area contributed by atoms with E-state index >= 15 is 0 Å². The highest BCUT2D eigenvalue weighted by molar-refractivity contribution is 5.94. The summed E-state index contributed by atoms with van der Waals surface area (Å²) >= 11 is 0. The van der Waals surface area contributed by atoms with Gasteiger partial charge in [-0.25, -0.2) is 4.79 Å². The van der Waals surface area contributed by atoms with E-state index in [0.29, 0.717) is 12.2 Å². The maximum Gasteiger partial charge on any atom is 0.337 e. The number of benzene rings is 1. The van der Waals surface area contributed by atoms with E-state index in [1.165, 1.54) is 0 Å². The van der Waals surface area contributed by atoms with Crippen molar-refractivity contribution < 1.29 is 15.0 Å². The van der Waals surface area contributed by atoms with Crippen LogP contribution in [0.15, 0.2) is 24.3 Å². The van der Waals surface area contributed by atoms with E-state index < -0.39 is 5.97 Å². The third-order valence-corrected chi connectivity index (χ3v) is 1.98. The molecule has 1 aromatic carbocycles. The van der Waals surface area contributed by atoms with Crippen LogP contribution in [0.3, 0.4) is 0 Å². The fourth-order valence-corrected chi connectivity index (χ4v) is 1.26. The summed E-state index contributed by atoms with van der Waals surface area (Å²) in [5, 5.41) is 17.6. The van der Waals surface area contributed by atoms with Crippen molar-refractivity contribution in [2.75, 3.05) is 25.1 Å². The molecule has 0 heterocycles. The molecular formula is C10H13NO3. The van der Waals surface area contributed by atoms with Crippen molar-refractivity contribution in [1.29, 1.82) is 0 Å². The topological polar surface area (TPSA) is 60.8 Å². The summed E-state index contributed by atoms with van der Waals surface area (Å²) in [4.78, 5) is 12.6. The molecule has 0 saturated carbocycles. The molecule has 0 aliphatic rings. The Morgan fingerprint density at radius 3 is 2.64 bits per heavy atom. The molecule has 4 heteroatoms. The van der Waals surface area contributed by atoms with Crippen molar-refractivity contribution in [3.8, 4) is 0 Å². The molecule has 0 saturated heterocycles. The molecule has 0 aliphatic heterocycles. The van der Waals surface area contributed by atoms with Gasteiger partial charge in [0.2, 0.25) is 0 Å². The summed E-state index contributed by atoms with van der Waals surface area (Å²) in [7, 11) is 1.75. The van der Waals surface area contributed by atoms with Gasteiger partial charge < -0.3 is 15.1 Å². The standard InChI is InChI=1S/C10H13NO3/c1-11(6-7-12)9-5-3-2-4-8(9)10(13)14/h2-5,12H,6-7H2,1H3,(H,13,14). The molecule has 4 nitrogen and oxygen atoms in total. The lowest BCUT2D eigenvalue weighted by atomic mass is 10.1. The largest absolute Gasteiger partial charge is 0.478 e. The highest BCUT2D eigenvalue weighted by atomic mass is 16.4. The lowest BCUT2D eigenvalue weighted by Crippen LogP contribution is -2.23. The van der Waals surface area contributed by atoms with E-state index in [4.69, 9.17) is 10.2 Å². The van der Waals surface area contributed by atoms with E-state index in [9.17, 15) is 4.79 Å². The molecule has 1 aromatic rings. The number of carbonyl (C=O) groups is 1. The molecule has 2 N–H and O–H groups in total. The highest BCUT2D eigenvalue weighted by Gasteiger charge is 2.11. The van der Waals surface area contributed by atoms with Gasteiger partial charge in [-0.05, 0) is 12.1 Å². The van der Waals surface area contributed by atoms with Crippen LogP contribution < -0.4 is 4.90 Å². The Kier molecular flexibility index (Phi) is 3.48. The predicted molar refractivity (Wildman–Crippen MR) is 53.8 cm³/mol. The number of nitrogens with zero attached hydrogens (tertiary/aromatic N) is 1. The number of hydrogen-bond donors (Lipinski definition) is 2.